The fourth-order valence-corrected chi connectivity index (χ4v) is 4.65. The molecule has 1 fully saturated rings. The Hall–Kier alpha value is -4.87. The van der Waals surface area contributed by atoms with Crippen LogP contribution < -0.4 is 9.64 Å². The summed E-state index contributed by atoms with van der Waals surface area (Å²) in [5, 5.41) is 8.60. The van der Waals surface area contributed by atoms with E-state index >= 15 is 0 Å². The molecule has 186 valence electrons. The van der Waals surface area contributed by atoms with Gasteiger partial charge in [-0.25, -0.2) is 9.97 Å². The number of ether oxygens (including phenoxy) is 1. The maximum Gasteiger partial charge on any atom is 0.262 e. The van der Waals surface area contributed by atoms with Crippen LogP contribution in [0.1, 0.15) is 20.7 Å². The summed E-state index contributed by atoms with van der Waals surface area (Å²) in [7, 11) is 1.61. The molecule has 0 spiro atoms. The highest BCUT2D eigenvalue weighted by atomic mass is 16.5. The Labute approximate surface area is 211 Å². The summed E-state index contributed by atoms with van der Waals surface area (Å²) in [5.41, 5.74) is 2.58. The third-order valence-electron chi connectivity index (χ3n) is 6.64. The van der Waals surface area contributed by atoms with E-state index in [0.717, 1.165) is 16.3 Å². The van der Waals surface area contributed by atoms with Gasteiger partial charge in [0.25, 0.3) is 11.8 Å². The topological polar surface area (TPSA) is 127 Å². The maximum atomic E-state index is 13.0. The molecule has 0 N–H and O–H groups in total. The molecule has 12 nitrogen and oxygen atoms in total. The molecule has 2 aromatic heterocycles. The van der Waals surface area contributed by atoms with E-state index in [1.807, 2.05) is 29.2 Å². The highest BCUT2D eigenvalue weighted by molar-refractivity contribution is 6.22. The Balaban J connectivity index is 1.14. The van der Waals surface area contributed by atoms with Crippen LogP contribution in [-0.2, 0) is 4.79 Å². The van der Waals surface area contributed by atoms with E-state index in [9.17, 15) is 14.4 Å². The monoisotopic (exact) mass is 498 g/mol. The van der Waals surface area contributed by atoms with Crippen LogP contribution in [0.25, 0.3) is 16.9 Å². The second-order valence-corrected chi connectivity index (χ2v) is 8.68. The number of fused-ring (bicyclic) bond motifs is 2. The fraction of sp³-hybridized carbons (Fsp3) is 0.240. The number of benzene rings is 2. The fourth-order valence-electron chi connectivity index (χ4n) is 4.65. The summed E-state index contributed by atoms with van der Waals surface area (Å²) in [6, 6.07) is 14.0. The zero-order valence-electron chi connectivity index (χ0n) is 19.9. The number of anilines is 1. The average molecular weight is 499 g/mol. The van der Waals surface area contributed by atoms with Crippen molar-refractivity contribution in [2.45, 2.75) is 0 Å². The minimum atomic E-state index is -0.434. The van der Waals surface area contributed by atoms with E-state index in [4.69, 9.17) is 4.74 Å². The molecular weight excluding hydrogens is 476 g/mol. The van der Waals surface area contributed by atoms with Gasteiger partial charge in [0.05, 0.1) is 23.9 Å². The van der Waals surface area contributed by atoms with Gasteiger partial charge < -0.3 is 14.5 Å². The molecule has 6 rings (SSSR count). The number of nitrogens with zero attached hydrogens (tertiary/aromatic N) is 8. The lowest BCUT2D eigenvalue weighted by molar-refractivity contribution is -0.131. The molecule has 2 aliphatic heterocycles. The van der Waals surface area contributed by atoms with Gasteiger partial charge >= 0.3 is 0 Å². The number of carbonyl (C=O) groups is 3. The van der Waals surface area contributed by atoms with E-state index in [1.165, 1.54) is 6.33 Å². The summed E-state index contributed by atoms with van der Waals surface area (Å²) in [6.45, 7) is 1.57. The Morgan fingerprint density at radius 1 is 0.919 bits per heavy atom. The number of carbonyl (C=O) groups excluding carboxylic acids is 3. The average Bonchev–Trinajstić information content (AvgIpc) is 3.48. The number of amides is 3. The van der Waals surface area contributed by atoms with Crippen molar-refractivity contribution in [2.24, 2.45) is 0 Å². The molecule has 0 unspecified atom stereocenters. The van der Waals surface area contributed by atoms with Crippen molar-refractivity contribution in [1.29, 1.82) is 0 Å². The van der Waals surface area contributed by atoms with Crippen molar-refractivity contribution in [3.8, 4) is 11.4 Å². The van der Waals surface area contributed by atoms with Gasteiger partial charge in [0, 0.05) is 26.2 Å². The Kier molecular flexibility index (Phi) is 5.48. The quantitative estimate of drug-likeness (QED) is 0.373. The van der Waals surface area contributed by atoms with Crippen LogP contribution in [0.15, 0.2) is 54.9 Å². The number of hydrogen-bond acceptors (Lipinski definition) is 9. The molecule has 0 aliphatic carbocycles. The van der Waals surface area contributed by atoms with E-state index in [-0.39, 0.29) is 12.5 Å². The molecule has 0 atom stereocenters. The Morgan fingerprint density at radius 2 is 1.59 bits per heavy atom. The molecule has 2 aromatic carbocycles. The zero-order chi connectivity index (χ0) is 25.5. The van der Waals surface area contributed by atoms with Crippen molar-refractivity contribution in [3.63, 3.8) is 0 Å². The lowest BCUT2D eigenvalue weighted by Crippen LogP contribution is -2.52. The highest BCUT2D eigenvalue weighted by Gasteiger charge is 2.37. The highest BCUT2D eigenvalue weighted by Crippen LogP contribution is 2.25. The summed E-state index contributed by atoms with van der Waals surface area (Å²) in [6.07, 6.45) is 1.47. The van der Waals surface area contributed by atoms with Crippen LogP contribution in [0.4, 0.5) is 5.82 Å². The first-order chi connectivity index (χ1) is 18.0. The van der Waals surface area contributed by atoms with Crippen molar-refractivity contribution < 1.29 is 19.1 Å². The van der Waals surface area contributed by atoms with Crippen molar-refractivity contribution in [2.75, 3.05) is 44.7 Å². The molecule has 1 saturated heterocycles. The Morgan fingerprint density at radius 3 is 2.24 bits per heavy atom. The number of methoxy groups -OCH3 is 1. The van der Waals surface area contributed by atoms with Crippen molar-refractivity contribution in [3.05, 3.63) is 66.0 Å². The molecule has 0 bridgehead atoms. The van der Waals surface area contributed by atoms with E-state index in [0.29, 0.717) is 54.3 Å². The van der Waals surface area contributed by atoms with Gasteiger partial charge in [-0.2, -0.15) is 4.68 Å². The summed E-state index contributed by atoms with van der Waals surface area (Å²) in [4.78, 5) is 51.7. The first kappa shape index (κ1) is 22.6. The number of rotatable bonds is 5. The summed E-state index contributed by atoms with van der Waals surface area (Å²) < 4.78 is 6.86. The number of imide groups is 1. The van der Waals surface area contributed by atoms with Gasteiger partial charge in [-0.1, -0.05) is 17.3 Å². The van der Waals surface area contributed by atoms with Gasteiger partial charge in [-0.3, -0.25) is 19.3 Å². The predicted molar refractivity (Wildman–Crippen MR) is 132 cm³/mol. The van der Waals surface area contributed by atoms with E-state index < -0.39 is 11.8 Å². The number of aromatic nitrogens is 5. The van der Waals surface area contributed by atoms with Gasteiger partial charge in [0.1, 0.15) is 18.6 Å². The molecule has 4 heterocycles. The van der Waals surface area contributed by atoms with Crippen LogP contribution >= 0.6 is 0 Å². The summed E-state index contributed by atoms with van der Waals surface area (Å²) >= 11 is 0. The minimum absolute atomic E-state index is 0.271. The normalized spacial score (nSPS) is 15.4. The second-order valence-electron chi connectivity index (χ2n) is 8.68. The van der Waals surface area contributed by atoms with Crippen LogP contribution in [0.5, 0.6) is 5.75 Å². The van der Waals surface area contributed by atoms with Crippen LogP contribution in [0, 0.1) is 0 Å². The number of piperazine rings is 1. The standard InChI is InChI=1S/C25H22N8O4/c1-37-17-8-6-16(7-9-17)33-23-21(28-29-33)22(26-15-27-23)31-12-10-30(11-13-31)20(34)14-32-24(35)18-4-2-3-5-19(18)25(32)36/h2-9,15H,10-14H2,1H3. The van der Waals surface area contributed by atoms with Crippen LogP contribution in [0.2, 0.25) is 0 Å². The molecule has 0 radical (unpaired) electrons. The second kappa shape index (κ2) is 8.97. The molecule has 0 saturated carbocycles. The smallest absolute Gasteiger partial charge is 0.262 e. The van der Waals surface area contributed by atoms with E-state index in [2.05, 4.69) is 20.3 Å². The number of hydrogen-bond donors (Lipinski definition) is 0. The molecular formula is C25H22N8O4. The molecule has 4 aromatic rings. The molecule has 2 aliphatic rings. The molecule has 37 heavy (non-hydrogen) atoms. The maximum absolute atomic E-state index is 13.0. The largest absolute Gasteiger partial charge is 0.497 e. The Bertz CT molecular complexity index is 1490. The third-order valence-corrected chi connectivity index (χ3v) is 6.64. The third kappa shape index (κ3) is 3.82. The van der Waals surface area contributed by atoms with Gasteiger partial charge in [-0.15, -0.1) is 5.10 Å². The van der Waals surface area contributed by atoms with Crippen LogP contribution in [-0.4, -0.2) is 92.3 Å². The van der Waals surface area contributed by atoms with Gasteiger partial charge in [0.15, 0.2) is 17.0 Å². The lowest BCUT2D eigenvalue weighted by Gasteiger charge is -2.35. The zero-order valence-corrected chi connectivity index (χ0v) is 19.9. The lowest BCUT2D eigenvalue weighted by atomic mass is 10.1. The SMILES string of the molecule is COc1ccc(-n2nnc3c(N4CCN(C(=O)CN5C(=O)c6ccccc6C5=O)CC4)ncnc32)cc1. The first-order valence-corrected chi connectivity index (χ1v) is 11.7. The minimum Gasteiger partial charge on any atom is -0.497 e. The van der Waals surface area contributed by atoms with Gasteiger partial charge in [-0.05, 0) is 36.4 Å². The van der Waals surface area contributed by atoms with Crippen molar-refractivity contribution >= 4 is 34.7 Å². The molecule has 3 amide bonds. The first-order valence-electron chi connectivity index (χ1n) is 11.7. The van der Waals surface area contributed by atoms with Gasteiger partial charge in [0.2, 0.25) is 5.91 Å². The van der Waals surface area contributed by atoms with Crippen molar-refractivity contribution in [1.82, 2.24) is 34.8 Å². The molecule has 12 heteroatoms. The predicted octanol–water partition coefficient (Wildman–Crippen LogP) is 1.16. The van der Waals surface area contributed by atoms with Crippen LogP contribution in [0.3, 0.4) is 0 Å². The summed E-state index contributed by atoms with van der Waals surface area (Å²) in [5.74, 6) is 0.232. The van der Waals surface area contributed by atoms with E-state index in [1.54, 1.807) is 41.0 Å².